The van der Waals surface area contributed by atoms with Crippen LogP contribution in [0, 0.1) is 0 Å². The zero-order valence-electron chi connectivity index (χ0n) is 11.6. The third-order valence-corrected chi connectivity index (χ3v) is 4.20. The van der Waals surface area contributed by atoms with Crippen LogP contribution in [0.4, 0.5) is 13.2 Å². The summed E-state index contributed by atoms with van der Waals surface area (Å²) in [6, 6.07) is 2.86. The molecule has 3 nitrogen and oxygen atoms in total. The van der Waals surface area contributed by atoms with E-state index in [4.69, 9.17) is 9.31 Å². The molecule has 0 radical (unpaired) electrons. The highest BCUT2D eigenvalue weighted by Crippen LogP contribution is 2.37. The summed E-state index contributed by atoms with van der Waals surface area (Å²) >= 11 is -0.193. The molecule has 8 heteroatoms. The van der Waals surface area contributed by atoms with E-state index >= 15 is 0 Å². The monoisotopic (exact) mass is 305 g/mol. The van der Waals surface area contributed by atoms with Gasteiger partial charge in [0.25, 0.3) is 0 Å². The Morgan fingerprint density at radius 1 is 1.10 bits per heavy atom. The van der Waals surface area contributed by atoms with E-state index in [0.29, 0.717) is 5.59 Å². The largest absolute Gasteiger partial charge is 0.514 e. The summed E-state index contributed by atoms with van der Waals surface area (Å²) in [4.78, 5) is 4.04. The van der Waals surface area contributed by atoms with Crippen molar-refractivity contribution >= 4 is 24.5 Å². The minimum absolute atomic E-state index is 0.0396. The molecule has 1 aliphatic heterocycles. The predicted molar refractivity (Wildman–Crippen MR) is 71.9 cm³/mol. The molecular formula is C12H15BF3NO2S. The summed E-state index contributed by atoms with van der Waals surface area (Å²) in [5.41, 5.74) is -4.85. The SMILES string of the molecule is CC1(C)OB(c2ccc(SC(F)(F)F)cn2)OC1(C)C. The number of pyridine rings is 1. The summed E-state index contributed by atoms with van der Waals surface area (Å²) in [7, 11) is -0.662. The predicted octanol–water partition coefficient (Wildman–Crippen LogP) is 2.99. The number of alkyl halides is 3. The fraction of sp³-hybridized carbons (Fsp3) is 0.583. The number of thioether (sulfide) groups is 1. The molecule has 1 aliphatic rings. The van der Waals surface area contributed by atoms with Crippen molar-refractivity contribution in [2.75, 3.05) is 0 Å². The molecule has 0 atom stereocenters. The third kappa shape index (κ3) is 3.29. The number of aromatic nitrogens is 1. The fourth-order valence-electron chi connectivity index (χ4n) is 1.69. The van der Waals surface area contributed by atoms with Crippen molar-refractivity contribution < 1.29 is 22.5 Å². The fourth-order valence-corrected chi connectivity index (χ4v) is 2.20. The van der Waals surface area contributed by atoms with Crippen molar-refractivity contribution in [2.24, 2.45) is 0 Å². The zero-order valence-corrected chi connectivity index (χ0v) is 12.4. The molecule has 0 aromatic carbocycles. The maximum atomic E-state index is 12.2. The minimum atomic E-state index is -4.31. The van der Waals surface area contributed by atoms with Gasteiger partial charge >= 0.3 is 12.6 Å². The first-order valence-corrected chi connectivity index (χ1v) is 6.89. The van der Waals surface area contributed by atoms with Crippen molar-refractivity contribution in [3.05, 3.63) is 18.3 Å². The van der Waals surface area contributed by atoms with Crippen LogP contribution in [0.25, 0.3) is 0 Å². The van der Waals surface area contributed by atoms with Gasteiger partial charge in [0.1, 0.15) is 0 Å². The zero-order chi connectivity index (χ0) is 15.2. The van der Waals surface area contributed by atoms with E-state index in [0.717, 1.165) is 0 Å². The average Bonchev–Trinajstić information content (AvgIpc) is 2.47. The molecule has 110 valence electrons. The molecule has 0 N–H and O–H groups in total. The van der Waals surface area contributed by atoms with Crippen LogP contribution in [0.2, 0.25) is 0 Å². The molecule has 1 fully saturated rings. The molecule has 0 saturated carbocycles. The van der Waals surface area contributed by atoms with Crippen LogP contribution < -0.4 is 5.59 Å². The molecule has 1 aromatic heterocycles. The van der Waals surface area contributed by atoms with E-state index < -0.39 is 23.8 Å². The van der Waals surface area contributed by atoms with Crippen molar-refractivity contribution in [2.45, 2.75) is 49.3 Å². The van der Waals surface area contributed by atoms with Gasteiger partial charge in [-0.05, 0) is 51.6 Å². The lowest BCUT2D eigenvalue weighted by Gasteiger charge is -2.32. The van der Waals surface area contributed by atoms with Gasteiger partial charge in [-0.3, -0.25) is 4.98 Å². The number of hydrogen-bond donors (Lipinski definition) is 0. The summed E-state index contributed by atoms with van der Waals surface area (Å²) in [6.07, 6.45) is 1.18. The summed E-state index contributed by atoms with van der Waals surface area (Å²) in [6.45, 7) is 7.61. The Hall–Kier alpha value is -0.725. The van der Waals surface area contributed by atoms with Crippen LogP contribution in [-0.4, -0.2) is 28.8 Å². The summed E-state index contributed by atoms with van der Waals surface area (Å²) < 4.78 is 48.3. The lowest BCUT2D eigenvalue weighted by Crippen LogP contribution is -2.41. The van der Waals surface area contributed by atoms with Gasteiger partial charge in [-0.25, -0.2) is 0 Å². The summed E-state index contributed by atoms with van der Waals surface area (Å²) in [5.74, 6) is 0. The van der Waals surface area contributed by atoms with E-state index in [2.05, 4.69) is 4.98 Å². The highest BCUT2D eigenvalue weighted by atomic mass is 32.2. The van der Waals surface area contributed by atoms with E-state index in [1.165, 1.54) is 18.3 Å². The lowest BCUT2D eigenvalue weighted by atomic mass is 9.84. The smallest absolute Gasteiger partial charge is 0.398 e. The van der Waals surface area contributed by atoms with Gasteiger partial charge < -0.3 is 9.31 Å². The lowest BCUT2D eigenvalue weighted by molar-refractivity contribution is -0.0328. The highest BCUT2D eigenvalue weighted by Gasteiger charge is 2.52. The molecule has 20 heavy (non-hydrogen) atoms. The average molecular weight is 305 g/mol. The quantitative estimate of drug-likeness (QED) is 0.621. The number of hydrogen-bond acceptors (Lipinski definition) is 4. The molecule has 1 aromatic rings. The van der Waals surface area contributed by atoms with E-state index in [1.54, 1.807) is 0 Å². The van der Waals surface area contributed by atoms with Gasteiger partial charge in [0.2, 0.25) is 0 Å². The first-order chi connectivity index (χ1) is 9.00. The van der Waals surface area contributed by atoms with E-state index in [-0.39, 0.29) is 16.7 Å². The number of nitrogens with zero attached hydrogens (tertiary/aromatic N) is 1. The van der Waals surface area contributed by atoms with Crippen LogP contribution >= 0.6 is 11.8 Å². The molecule has 1 saturated heterocycles. The van der Waals surface area contributed by atoms with E-state index in [1.807, 2.05) is 27.7 Å². The van der Waals surface area contributed by atoms with Crippen molar-refractivity contribution in [1.29, 1.82) is 0 Å². The van der Waals surface area contributed by atoms with Crippen molar-refractivity contribution in [3.8, 4) is 0 Å². The molecular weight excluding hydrogens is 290 g/mol. The Morgan fingerprint density at radius 3 is 2.05 bits per heavy atom. The molecule has 2 heterocycles. The third-order valence-electron chi connectivity index (χ3n) is 3.49. The second-order valence-corrected chi connectivity index (χ2v) is 6.69. The second kappa shape index (κ2) is 4.93. The maximum absolute atomic E-state index is 12.2. The van der Waals surface area contributed by atoms with E-state index in [9.17, 15) is 13.2 Å². The Morgan fingerprint density at radius 2 is 1.65 bits per heavy atom. The molecule has 0 amide bonds. The van der Waals surface area contributed by atoms with Crippen molar-refractivity contribution in [3.63, 3.8) is 0 Å². The Bertz CT molecular complexity index is 474. The van der Waals surface area contributed by atoms with Crippen molar-refractivity contribution in [1.82, 2.24) is 4.98 Å². The first-order valence-electron chi connectivity index (χ1n) is 6.07. The molecule has 0 bridgehead atoms. The van der Waals surface area contributed by atoms with Crippen LogP contribution in [0.5, 0.6) is 0 Å². The number of rotatable bonds is 2. The molecule has 2 rings (SSSR count). The maximum Gasteiger partial charge on any atom is 0.514 e. The molecule has 0 aliphatic carbocycles. The van der Waals surface area contributed by atoms with Crippen LogP contribution in [-0.2, 0) is 9.31 Å². The number of halogens is 3. The van der Waals surface area contributed by atoms with Crippen LogP contribution in [0.3, 0.4) is 0 Å². The Labute approximate surface area is 120 Å². The van der Waals surface area contributed by atoms with Gasteiger partial charge in [-0.1, -0.05) is 0 Å². The van der Waals surface area contributed by atoms with Gasteiger partial charge in [0.05, 0.1) is 16.8 Å². The first kappa shape index (κ1) is 15.7. The van der Waals surface area contributed by atoms with Gasteiger partial charge in [-0.2, -0.15) is 13.2 Å². The standard InChI is InChI=1S/C12H15BF3NO2S/c1-10(2)11(3,4)19-13(18-10)9-6-5-8(7-17-9)20-12(14,15)16/h5-7H,1-4H3. The van der Waals surface area contributed by atoms with Gasteiger partial charge in [-0.15, -0.1) is 0 Å². The highest BCUT2D eigenvalue weighted by molar-refractivity contribution is 8.00. The molecule has 0 unspecified atom stereocenters. The molecule has 0 spiro atoms. The Kier molecular flexibility index (Phi) is 3.86. The summed E-state index contributed by atoms with van der Waals surface area (Å²) in [5, 5.41) is 0. The van der Waals surface area contributed by atoms with Gasteiger partial charge in [0, 0.05) is 11.1 Å². The topological polar surface area (TPSA) is 31.4 Å². The normalized spacial score (nSPS) is 21.2. The Balaban J connectivity index is 2.12. The van der Waals surface area contributed by atoms with Gasteiger partial charge in [0.15, 0.2) is 0 Å². The second-order valence-electron chi connectivity index (χ2n) is 5.55. The van der Waals surface area contributed by atoms with Crippen LogP contribution in [0.1, 0.15) is 27.7 Å². The van der Waals surface area contributed by atoms with Crippen LogP contribution in [0.15, 0.2) is 23.2 Å². The minimum Gasteiger partial charge on any atom is -0.398 e.